The summed E-state index contributed by atoms with van der Waals surface area (Å²) in [5.74, 6) is -1.70. The van der Waals surface area contributed by atoms with Crippen molar-refractivity contribution in [2.24, 2.45) is 5.73 Å². The maximum absolute atomic E-state index is 11.6. The second-order valence-electron chi connectivity index (χ2n) is 3.64. The van der Waals surface area contributed by atoms with Gasteiger partial charge in [0.05, 0.1) is 24.8 Å². The minimum Gasteiger partial charge on any atom is -0.481 e. The van der Waals surface area contributed by atoms with E-state index in [0.29, 0.717) is 0 Å². The second-order valence-corrected chi connectivity index (χ2v) is 3.64. The van der Waals surface area contributed by atoms with E-state index >= 15 is 0 Å². The topological polar surface area (TPSA) is 110 Å². The number of rotatable bonds is 5. The molecule has 0 bridgehead atoms. The largest absolute Gasteiger partial charge is 0.481 e. The van der Waals surface area contributed by atoms with Crippen LogP contribution < -0.4 is 10.6 Å². The Bertz CT molecular complexity index is 501. The van der Waals surface area contributed by atoms with Gasteiger partial charge >= 0.3 is 18.0 Å². The average molecular weight is 266 g/mol. The van der Waals surface area contributed by atoms with Gasteiger partial charge in [0.1, 0.15) is 0 Å². The number of methoxy groups -OCH3 is 1. The number of hydrogen-bond donors (Lipinski definition) is 2. The van der Waals surface area contributed by atoms with E-state index in [-0.39, 0.29) is 24.2 Å². The molecule has 3 N–H and O–H groups in total. The third-order valence-corrected chi connectivity index (χ3v) is 2.42. The van der Waals surface area contributed by atoms with Gasteiger partial charge in [0.2, 0.25) is 0 Å². The van der Waals surface area contributed by atoms with Crippen LogP contribution in [0.3, 0.4) is 0 Å². The Morgan fingerprint density at radius 3 is 2.47 bits per heavy atom. The van der Waals surface area contributed by atoms with Crippen molar-refractivity contribution in [2.45, 2.75) is 6.42 Å². The molecule has 0 saturated heterocycles. The van der Waals surface area contributed by atoms with Crippen molar-refractivity contribution in [3.8, 4) is 0 Å². The number of amides is 2. The fourth-order valence-corrected chi connectivity index (χ4v) is 1.55. The monoisotopic (exact) mass is 266 g/mol. The van der Waals surface area contributed by atoms with Crippen molar-refractivity contribution in [3.05, 3.63) is 29.8 Å². The van der Waals surface area contributed by atoms with E-state index in [2.05, 4.69) is 4.74 Å². The van der Waals surface area contributed by atoms with Gasteiger partial charge in [0, 0.05) is 6.54 Å². The van der Waals surface area contributed by atoms with Crippen LogP contribution in [0.2, 0.25) is 0 Å². The molecular weight excluding hydrogens is 252 g/mol. The minimum absolute atomic E-state index is 0.126. The number of aliphatic carboxylic acids is 1. The molecular formula is C12H14N2O5. The SMILES string of the molecule is COC(=O)c1ccccc1N(CCC(=O)O)C(N)=O. The summed E-state index contributed by atoms with van der Waals surface area (Å²) < 4.78 is 4.60. The molecule has 0 spiro atoms. The number of carboxylic acids is 1. The molecule has 7 heteroatoms. The van der Waals surface area contributed by atoms with Crippen molar-refractivity contribution in [1.29, 1.82) is 0 Å². The molecule has 0 saturated carbocycles. The van der Waals surface area contributed by atoms with Crippen molar-refractivity contribution >= 4 is 23.7 Å². The Balaban J connectivity index is 3.12. The molecule has 0 atom stereocenters. The molecule has 102 valence electrons. The molecule has 0 aliphatic carbocycles. The first kappa shape index (κ1) is 14.5. The van der Waals surface area contributed by atoms with Crippen LogP contribution in [0.25, 0.3) is 0 Å². The molecule has 0 aromatic heterocycles. The lowest BCUT2D eigenvalue weighted by molar-refractivity contribution is -0.136. The van der Waals surface area contributed by atoms with Crippen LogP contribution in [0, 0.1) is 0 Å². The van der Waals surface area contributed by atoms with Crippen LogP contribution in [-0.2, 0) is 9.53 Å². The number of ether oxygens (including phenoxy) is 1. The number of para-hydroxylation sites is 1. The summed E-state index contributed by atoms with van der Waals surface area (Å²) in [5, 5.41) is 8.65. The summed E-state index contributed by atoms with van der Waals surface area (Å²) >= 11 is 0. The highest BCUT2D eigenvalue weighted by Gasteiger charge is 2.20. The van der Waals surface area contributed by atoms with Gasteiger partial charge in [-0.2, -0.15) is 0 Å². The Morgan fingerprint density at radius 1 is 1.32 bits per heavy atom. The van der Waals surface area contributed by atoms with Gasteiger partial charge < -0.3 is 15.6 Å². The zero-order valence-electron chi connectivity index (χ0n) is 10.3. The summed E-state index contributed by atoms with van der Waals surface area (Å²) in [6.07, 6.45) is -0.279. The lowest BCUT2D eigenvalue weighted by Gasteiger charge is -2.21. The van der Waals surface area contributed by atoms with Crippen molar-refractivity contribution < 1.29 is 24.2 Å². The third kappa shape index (κ3) is 3.70. The zero-order valence-corrected chi connectivity index (χ0v) is 10.3. The Labute approximate surface area is 109 Å². The first-order chi connectivity index (χ1) is 8.97. The number of hydrogen-bond acceptors (Lipinski definition) is 4. The number of esters is 1. The van der Waals surface area contributed by atoms with Crippen LogP contribution in [0.5, 0.6) is 0 Å². The molecule has 1 rings (SSSR count). The van der Waals surface area contributed by atoms with Gasteiger partial charge in [-0.25, -0.2) is 9.59 Å². The summed E-state index contributed by atoms with van der Waals surface area (Å²) in [6, 6.07) is 5.35. The standard InChI is InChI=1S/C12H14N2O5/c1-19-11(17)8-4-2-3-5-9(8)14(12(13)18)7-6-10(15)16/h2-5H,6-7H2,1H3,(H2,13,18)(H,15,16). The van der Waals surface area contributed by atoms with E-state index in [9.17, 15) is 14.4 Å². The van der Waals surface area contributed by atoms with Gasteiger partial charge in [0.15, 0.2) is 0 Å². The van der Waals surface area contributed by atoms with Gasteiger partial charge in [0.25, 0.3) is 0 Å². The molecule has 0 aliphatic heterocycles. The van der Waals surface area contributed by atoms with Crippen molar-refractivity contribution in [1.82, 2.24) is 0 Å². The van der Waals surface area contributed by atoms with E-state index in [0.717, 1.165) is 4.90 Å². The molecule has 7 nitrogen and oxygen atoms in total. The van der Waals surface area contributed by atoms with Crippen molar-refractivity contribution in [2.75, 3.05) is 18.6 Å². The maximum Gasteiger partial charge on any atom is 0.339 e. The molecule has 19 heavy (non-hydrogen) atoms. The third-order valence-electron chi connectivity index (χ3n) is 2.42. The van der Waals surface area contributed by atoms with Crippen LogP contribution in [0.1, 0.15) is 16.8 Å². The van der Waals surface area contributed by atoms with Crippen LogP contribution in [0.15, 0.2) is 24.3 Å². The normalized spacial score (nSPS) is 9.74. The van der Waals surface area contributed by atoms with Gasteiger partial charge in [-0.1, -0.05) is 12.1 Å². The highest BCUT2D eigenvalue weighted by Crippen LogP contribution is 2.21. The lowest BCUT2D eigenvalue weighted by atomic mass is 10.1. The number of benzene rings is 1. The molecule has 0 unspecified atom stereocenters. The summed E-state index contributed by atoms with van der Waals surface area (Å²) in [7, 11) is 1.21. The number of carbonyl (C=O) groups is 3. The van der Waals surface area contributed by atoms with Gasteiger partial charge in [-0.05, 0) is 12.1 Å². The summed E-state index contributed by atoms with van der Waals surface area (Å²) in [5.41, 5.74) is 5.58. The predicted molar refractivity (Wildman–Crippen MR) is 67.0 cm³/mol. The zero-order chi connectivity index (χ0) is 14.4. The molecule has 1 aromatic rings. The number of nitrogens with zero attached hydrogens (tertiary/aromatic N) is 1. The summed E-state index contributed by atoms with van der Waals surface area (Å²) in [6.45, 7) is -0.126. The van der Waals surface area contributed by atoms with E-state index < -0.39 is 18.0 Å². The Kier molecular flexibility index (Phi) is 4.87. The van der Waals surface area contributed by atoms with Crippen LogP contribution >= 0.6 is 0 Å². The molecule has 0 heterocycles. The number of carboxylic acid groups (broad SMARTS) is 1. The first-order valence-electron chi connectivity index (χ1n) is 5.43. The van der Waals surface area contributed by atoms with E-state index in [1.807, 2.05) is 0 Å². The fourth-order valence-electron chi connectivity index (χ4n) is 1.55. The molecule has 0 aliphatic rings. The van der Waals surface area contributed by atoms with Crippen molar-refractivity contribution in [3.63, 3.8) is 0 Å². The average Bonchev–Trinajstić information content (AvgIpc) is 2.38. The minimum atomic E-state index is -1.07. The highest BCUT2D eigenvalue weighted by atomic mass is 16.5. The lowest BCUT2D eigenvalue weighted by Crippen LogP contribution is -2.38. The van der Waals surface area contributed by atoms with Crippen LogP contribution in [-0.4, -0.2) is 36.7 Å². The molecule has 0 fully saturated rings. The van der Waals surface area contributed by atoms with Gasteiger partial charge in [-0.3, -0.25) is 9.69 Å². The maximum atomic E-state index is 11.6. The highest BCUT2D eigenvalue weighted by molar-refractivity contribution is 6.01. The predicted octanol–water partition coefficient (Wildman–Crippen LogP) is 0.833. The quantitative estimate of drug-likeness (QED) is 0.767. The van der Waals surface area contributed by atoms with E-state index in [1.54, 1.807) is 12.1 Å². The Hall–Kier alpha value is -2.57. The number of anilines is 1. The van der Waals surface area contributed by atoms with Crippen LogP contribution in [0.4, 0.5) is 10.5 Å². The smallest absolute Gasteiger partial charge is 0.339 e. The second kappa shape index (κ2) is 6.39. The first-order valence-corrected chi connectivity index (χ1v) is 5.43. The van der Waals surface area contributed by atoms with Gasteiger partial charge in [-0.15, -0.1) is 0 Å². The number of nitrogens with two attached hydrogens (primary N) is 1. The summed E-state index contributed by atoms with van der Waals surface area (Å²) in [4.78, 5) is 34.6. The number of primary amides is 1. The molecule has 1 aromatic carbocycles. The molecule has 0 radical (unpaired) electrons. The Morgan fingerprint density at radius 2 is 1.95 bits per heavy atom. The number of urea groups is 1. The number of carbonyl (C=O) groups excluding carboxylic acids is 2. The molecule has 2 amide bonds. The van der Waals surface area contributed by atoms with E-state index in [4.69, 9.17) is 10.8 Å². The fraction of sp³-hybridized carbons (Fsp3) is 0.250. The van der Waals surface area contributed by atoms with E-state index in [1.165, 1.54) is 19.2 Å².